The summed E-state index contributed by atoms with van der Waals surface area (Å²) in [5.74, 6) is -5.73. The summed E-state index contributed by atoms with van der Waals surface area (Å²) in [5, 5.41) is 19.5. The van der Waals surface area contributed by atoms with Crippen LogP contribution in [-0.2, 0) is 17.6 Å². The first-order chi connectivity index (χ1) is 15.2. The van der Waals surface area contributed by atoms with E-state index in [-0.39, 0.29) is 17.3 Å². The predicted molar refractivity (Wildman–Crippen MR) is 119 cm³/mol. The molecule has 5 nitrogen and oxygen atoms in total. The minimum atomic E-state index is -3.42. The summed E-state index contributed by atoms with van der Waals surface area (Å²) in [5.41, 5.74) is 1.08. The van der Waals surface area contributed by atoms with E-state index in [0.717, 1.165) is 26.7 Å². The Morgan fingerprint density at radius 2 is 2.00 bits per heavy atom. The lowest BCUT2D eigenvalue weighted by molar-refractivity contribution is -0.148. The van der Waals surface area contributed by atoms with Crippen molar-refractivity contribution in [3.05, 3.63) is 69.9 Å². The zero-order chi connectivity index (χ0) is 23.3. The lowest BCUT2D eigenvalue weighted by Crippen LogP contribution is -2.37. The summed E-state index contributed by atoms with van der Waals surface area (Å²) in [6.07, 6.45) is 3.19. The van der Waals surface area contributed by atoms with Crippen LogP contribution in [-0.4, -0.2) is 51.6 Å². The molecule has 1 amide bonds. The van der Waals surface area contributed by atoms with Crippen molar-refractivity contribution in [3.8, 4) is 0 Å². The van der Waals surface area contributed by atoms with Crippen LogP contribution >= 0.6 is 11.3 Å². The van der Waals surface area contributed by atoms with Gasteiger partial charge in [-0.1, -0.05) is 49.4 Å². The van der Waals surface area contributed by atoms with E-state index in [1.807, 2.05) is 37.3 Å². The van der Waals surface area contributed by atoms with Gasteiger partial charge in [-0.05, 0) is 42.9 Å². The van der Waals surface area contributed by atoms with Crippen molar-refractivity contribution in [1.82, 2.24) is 4.90 Å². The first-order valence-corrected chi connectivity index (χ1v) is 11.4. The molecule has 0 saturated carbocycles. The van der Waals surface area contributed by atoms with Crippen molar-refractivity contribution in [2.45, 2.75) is 50.7 Å². The number of likely N-dealkylation sites (tertiary alicyclic amines) is 1. The maximum Gasteiger partial charge on any atom is 0.345 e. The first kappa shape index (κ1) is 24.1. The Morgan fingerprint density at radius 3 is 2.66 bits per heavy atom. The summed E-state index contributed by atoms with van der Waals surface area (Å²) in [4.78, 5) is 25.4. The van der Waals surface area contributed by atoms with E-state index < -0.39 is 36.4 Å². The van der Waals surface area contributed by atoms with E-state index in [4.69, 9.17) is 5.11 Å². The molecule has 0 unspecified atom stereocenters. The molecular formula is C24H27F2NO4S. The van der Waals surface area contributed by atoms with Crippen molar-refractivity contribution in [3.63, 3.8) is 0 Å². The van der Waals surface area contributed by atoms with Crippen LogP contribution in [0.25, 0.3) is 0 Å². The van der Waals surface area contributed by atoms with Gasteiger partial charge in [0.15, 0.2) is 0 Å². The molecule has 8 heteroatoms. The third-order valence-electron chi connectivity index (χ3n) is 5.65. The molecule has 0 radical (unpaired) electrons. The molecule has 2 N–H and O–H groups in total. The second-order valence-electron chi connectivity index (χ2n) is 8.19. The fourth-order valence-electron chi connectivity index (χ4n) is 3.85. The van der Waals surface area contributed by atoms with Gasteiger partial charge in [-0.25, -0.2) is 4.79 Å². The Hall–Kier alpha value is -2.58. The zero-order valence-electron chi connectivity index (χ0n) is 17.8. The number of carbonyl (C=O) groups excluding carboxylic acids is 1. The predicted octanol–water partition coefficient (Wildman–Crippen LogP) is 4.41. The van der Waals surface area contributed by atoms with Crippen LogP contribution in [0.2, 0.25) is 0 Å². The van der Waals surface area contributed by atoms with Gasteiger partial charge in [-0.2, -0.15) is 8.78 Å². The molecule has 2 heterocycles. The van der Waals surface area contributed by atoms with E-state index in [2.05, 4.69) is 0 Å². The van der Waals surface area contributed by atoms with Gasteiger partial charge in [0.05, 0.1) is 12.1 Å². The average molecular weight is 464 g/mol. The number of aliphatic hydroxyl groups excluding tert-OH is 1. The van der Waals surface area contributed by atoms with Crippen LogP contribution in [0.3, 0.4) is 0 Å². The number of aryl methyl sites for hydroxylation is 1. The van der Waals surface area contributed by atoms with Crippen LogP contribution in [0.15, 0.2) is 54.6 Å². The van der Waals surface area contributed by atoms with Gasteiger partial charge in [-0.3, -0.25) is 4.79 Å². The summed E-state index contributed by atoms with van der Waals surface area (Å²) < 4.78 is 28.2. The molecule has 0 bridgehead atoms. The fourth-order valence-corrected chi connectivity index (χ4v) is 4.74. The highest BCUT2D eigenvalue weighted by Crippen LogP contribution is 2.34. The topological polar surface area (TPSA) is 77.8 Å². The number of aromatic carboxylic acids is 1. The summed E-state index contributed by atoms with van der Waals surface area (Å²) in [6, 6.07) is 12.1. The van der Waals surface area contributed by atoms with Crippen LogP contribution in [0, 0.1) is 5.92 Å². The van der Waals surface area contributed by atoms with Gasteiger partial charge in [0.1, 0.15) is 4.88 Å². The molecule has 32 heavy (non-hydrogen) atoms. The van der Waals surface area contributed by atoms with E-state index in [1.54, 1.807) is 6.07 Å². The molecule has 1 aromatic heterocycles. The van der Waals surface area contributed by atoms with E-state index >= 15 is 0 Å². The van der Waals surface area contributed by atoms with Crippen LogP contribution in [0.5, 0.6) is 0 Å². The minimum absolute atomic E-state index is 0.109. The van der Waals surface area contributed by atoms with Crippen molar-refractivity contribution in [1.29, 1.82) is 0 Å². The number of thiophene rings is 1. The Kier molecular flexibility index (Phi) is 7.79. The first-order valence-electron chi connectivity index (χ1n) is 10.6. The Labute approximate surface area is 190 Å². The summed E-state index contributed by atoms with van der Waals surface area (Å²) in [6.45, 7) is 2.03. The van der Waals surface area contributed by atoms with Crippen molar-refractivity contribution in [2.24, 2.45) is 5.92 Å². The zero-order valence-corrected chi connectivity index (χ0v) is 18.6. The number of rotatable bonds is 10. The number of benzene rings is 1. The molecule has 0 spiro atoms. The van der Waals surface area contributed by atoms with Crippen molar-refractivity contribution < 1.29 is 28.6 Å². The number of nitrogens with zero attached hydrogens (tertiary/aromatic N) is 1. The van der Waals surface area contributed by atoms with Crippen molar-refractivity contribution in [2.75, 3.05) is 6.54 Å². The standard InChI is InChI=1S/C24H27F2NO4S/c1-16(14-17-6-3-2-4-7-17)20(28)11-9-18-15-24(25,26)23(31)27(18)13-5-8-19-10-12-21(32-19)22(29)30/h2-4,6-7,9-12,16,18,20,28H,5,8,13-15H2,1H3,(H,29,30)/b11-9+/t16-,18+,20-/m1/s1. The molecule has 172 valence electrons. The SMILES string of the molecule is C[C@H](Cc1ccccc1)[C@H](O)/C=C/[C@H]1CC(F)(F)C(=O)N1CCCc1ccc(C(=O)O)s1. The van der Waals surface area contributed by atoms with Gasteiger partial charge in [0.2, 0.25) is 0 Å². The molecule has 2 aromatic rings. The number of alkyl halides is 2. The molecule has 1 saturated heterocycles. The molecule has 1 aliphatic rings. The van der Waals surface area contributed by atoms with Gasteiger partial charge >= 0.3 is 11.9 Å². The molecule has 1 fully saturated rings. The number of amides is 1. The largest absolute Gasteiger partial charge is 0.477 e. The normalized spacial score (nSPS) is 20.1. The summed E-state index contributed by atoms with van der Waals surface area (Å²) >= 11 is 1.14. The minimum Gasteiger partial charge on any atom is -0.477 e. The van der Waals surface area contributed by atoms with Crippen LogP contribution < -0.4 is 0 Å². The Morgan fingerprint density at radius 1 is 1.28 bits per heavy atom. The second kappa shape index (κ2) is 10.4. The third-order valence-corrected chi connectivity index (χ3v) is 6.78. The third kappa shape index (κ3) is 6.01. The van der Waals surface area contributed by atoms with Gasteiger partial charge < -0.3 is 15.1 Å². The number of carboxylic acids is 1. The number of hydrogen-bond donors (Lipinski definition) is 2. The lowest BCUT2D eigenvalue weighted by Gasteiger charge is -2.22. The molecular weight excluding hydrogens is 436 g/mol. The smallest absolute Gasteiger partial charge is 0.345 e. The average Bonchev–Trinajstić information content (AvgIpc) is 3.31. The Bertz CT molecular complexity index is 960. The highest BCUT2D eigenvalue weighted by atomic mass is 32.1. The van der Waals surface area contributed by atoms with E-state index in [9.17, 15) is 23.5 Å². The molecule has 3 atom stereocenters. The number of aliphatic hydroxyl groups is 1. The Balaban J connectivity index is 1.59. The van der Waals surface area contributed by atoms with E-state index in [0.29, 0.717) is 19.3 Å². The summed E-state index contributed by atoms with van der Waals surface area (Å²) in [7, 11) is 0. The fraction of sp³-hybridized carbons (Fsp3) is 0.417. The molecule has 0 aliphatic carbocycles. The van der Waals surface area contributed by atoms with Gasteiger partial charge in [0, 0.05) is 17.8 Å². The molecule has 1 aliphatic heterocycles. The lowest BCUT2D eigenvalue weighted by atomic mass is 9.95. The second-order valence-corrected chi connectivity index (χ2v) is 9.36. The van der Waals surface area contributed by atoms with Crippen LogP contribution in [0.1, 0.15) is 39.9 Å². The van der Waals surface area contributed by atoms with Gasteiger partial charge in [-0.15, -0.1) is 11.3 Å². The molecule has 3 rings (SSSR count). The molecule has 1 aromatic carbocycles. The number of hydrogen-bond acceptors (Lipinski definition) is 4. The highest BCUT2D eigenvalue weighted by molar-refractivity contribution is 7.13. The number of carbonyl (C=O) groups is 2. The van der Waals surface area contributed by atoms with Crippen molar-refractivity contribution >= 4 is 23.2 Å². The monoisotopic (exact) mass is 463 g/mol. The number of carboxylic acid groups (broad SMARTS) is 1. The van der Waals surface area contributed by atoms with Crippen LogP contribution in [0.4, 0.5) is 8.78 Å². The maximum absolute atomic E-state index is 14.1. The van der Waals surface area contributed by atoms with Gasteiger partial charge in [0.25, 0.3) is 5.91 Å². The number of halogens is 2. The highest BCUT2D eigenvalue weighted by Gasteiger charge is 2.52. The maximum atomic E-state index is 14.1. The quantitative estimate of drug-likeness (QED) is 0.512. The van der Waals surface area contributed by atoms with E-state index in [1.165, 1.54) is 18.2 Å².